The third-order valence-corrected chi connectivity index (χ3v) is 2.94. The molecule has 0 aliphatic carbocycles. The molecule has 0 saturated heterocycles. The van der Waals surface area contributed by atoms with Gasteiger partial charge in [0.05, 0.1) is 0 Å². The summed E-state index contributed by atoms with van der Waals surface area (Å²) in [5, 5.41) is 4.52. The van der Waals surface area contributed by atoms with E-state index in [1.165, 1.54) is 11.1 Å². The zero-order chi connectivity index (χ0) is 11.9. The number of rotatable bonds is 5. The zero-order valence-corrected chi connectivity index (χ0v) is 10.2. The lowest BCUT2D eigenvalue weighted by molar-refractivity contribution is 0.646. The largest absolute Gasteiger partial charge is 0.241 e. The maximum absolute atomic E-state index is 4.52. The molecule has 0 heterocycles. The van der Waals surface area contributed by atoms with E-state index < -0.39 is 0 Å². The van der Waals surface area contributed by atoms with Crippen LogP contribution >= 0.6 is 0 Å². The van der Waals surface area contributed by atoms with Crippen LogP contribution in [0.2, 0.25) is 0 Å². The lowest BCUT2D eigenvalue weighted by Gasteiger charge is -2.17. The minimum atomic E-state index is 0.386. The van der Waals surface area contributed by atoms with Crippen molar-refractivity contribution in [2.45, 2.75) is 12.8 Å². The summed E-state index contributed by atoms with van der Waals surface area (Å²) < 4.78 is 0. The van der Waals surface area contributed by atoms with Gasteiger partial charge in [-0.2, -0.15) is 0 Å². The average molecular weight is 224 g/mol. The molecule has 2 aromatic carbocycles. The van der Waals surface area contributed by atoms with E-state index in [2.05, 4.69) is 72.9 Å². The summed E-state index contributed by atoms with van der Waals surface area (Å²) in [6.07, 6.45) is 0. The molecule has 0 aliphatic heterocycles. The summed E-state index contributed by atoms with van der Waals surface area (Å²) >= 11 is 0. The predicted octanol–water partition coefficient (Wildman–Crippen LogP) is 3.44. The van der Waals surface area contributed by atoms with Gasteiger partial charge in [0.25, 0.3) is 0 Å². The molecule has 17 heavy (non-hydrogen) atoms. The van der Waals surface area contributed by atoms with E-state index in [-0.39, 0.29) is 0 Å². The molecule has 0 aliphatic rings. The van der Waals surface area contributed by atoms with Gasteiger partial charge in [0.15, 0.2) is 0 Å². The van der Waals surface area contributed by atoms with Gasteiger partial charge >= 0.3 is 0 Å². The van der Waals surface area contributed by atoms with E-state index >= 15 is 0 Å². The Hall–Kier alpha value is -1.60. The number of nitrogens with zero attached hydrogens (tertiary/aromatic N) is 1. The Morgan fingerprint density at radius 3 is 1.71 bits per heavy atom. The fraction of sp³-hybridized carbons (Fsp3) is 0.250. The van der Waals surface area contributed by atoms with Gasteiger partial charge < -0.3 is 0 Å². The Morgan fingerprint density at radius 2 is 1.29 bits per heavy atom. The van der Waals surface area contributed by atoms with Gasteiger partial charge in [-0.05, 0) is 11.1 Å². The summed E-state index contributed by atoms with van der Waals surface area (Å²) in [6, 6.07) is 21.2. The predicted molar refractivity (Wildman–Crippen MR) is 72.3 cm³/mol. The molecule has 1 radical (unpaired) electrons. The van der Waals surface area contributed by atoms with E-state index in [0.717, 1.165) is 13.1 Å². The summed E-state index contributed by atoms with van der Waals surface area (Å²) in [5.41, 5.74) is 2.69. The molecule has 0 atom stereocenters. The molecule has 0 saturated carbocycles. The summed E-state index contributed by atoms with van der Waals surface area (Å²) in [5.74, 6) is 0.386. The van der Waals surface area contributed by atoms with Crippen molar-refractivity contribution in [3.05, 3.63) is 71.8 Å². The van der Waals surface area contributed by atoms with Crippen LogP contribution in [0.4, 0.5) is 0 Å². The van der Waals surface area contributed by atoms with Gasteiger partial charge in [-0.3, -0.25) is 0 Å². The third kappa shape index (κ3) is 3.18. The Bertz CT molecular complexity index is 382. The molecular weight excluding hydrogens is 206 g/mol. The van der Waals surface area contributed by atoms with E-state index in [1.807, 2.05) is 0 Å². The highest BCUT2D eigenvalue weighted by molar-refractivity contribution is 5.32. The van der Waals surface area contributed by atoms with Crippen molar-refractivity contribution in [3.8, 4) is 0 Å². The maximum Gasteiger partial charge on any atom is 0.0242 e. The topological polar surface area (TPSA) is 14.1 Å². The van der Waals surface area contributed by atoms with Gasteiger partial charge in [-0.1, -0.05) is 67.6 Å². The number of hydrogen-bond acceptors (Lipinski definition) is 0. The van der Waals surface area contributed by atoms with Gasteiger partial charge in [0.2, 0.25) is 0 Å². The van der Waals surface area contributed by atoms with Crippen LogP contribution in [0.25, 0.3) is 0 Å². The first-order valence-electron chi connectivity index (χ1n) is 6.15. The van der Waals surface area contributed by atoms with Crippen LogP contribution in [0, 0.1) is 0 Å². The monoisotopic (exact) mass is 224 g/mol. The summed E-state index contributed by atoms with van der Waals surface area (Å²) in [4.78, 5) is 0. The van der Waals surface area contributed by atoms with Crippen molar-refractivity contribution < 1.29 is 0 Å². The van der Waals surface area contributed by atoms with Crippen LogP contribution in [0.3, 0.4) is 0 Å². The fourth-order valence-corrected chi connectivity index (χ4v) is 2.03. The number of likely N-dealkylation sites (N-methyl/N-ethyl adjacent to an activating group) is 1. The van der Waals surface area contributed by atoms with Crippen molar-refractivity contribution in [3.63, 3.8) is 0 Å². The fourth-order valence-electron chi connectivity index (χ4n) is 2.03. The van der Waals surface area contributed by atoms with Crippen LogP contribution in [0.5, 0.6) is 0 Å². The van der Waals surface area contributed by atoms with Crippen LogP contribution in [0.1, 0.15) is 24.0 Å². The van der Waals surface area contributed by atoms with Gasteiger partial charge in [0, 0.05) is 19.0 Å². The minimum Gasteiger partial charge on any atom is -0.241 e. The normalized spacial score (nSPS) is 10.7. The molecule has 0 unspecified atom stereocenters. The third-order valence-electron chi connectivity index (χ3n) is 2.94. The maximum atomic E-state index is 4.52. The molecular formula is C16H18N. The van der Waals surface area contributed by atoms with E-state index in [9.17, 15) is 0 Å². The van der Waals surface area contributed by atoms with Gasteiger partial charge in [-0.25, -0.2) is 5.32 Å². The first kappa shape index (κ1) is 11.9. The number of hydrogen-bond donors (Lipinski definition) is 0. The summed E-state index contributed by atoms with van der Waals surface area (Å²) in [7, 11) is 0. The van der Waals surface area contributed by atoms with Crippen molar-refractivity contribution >= 4 is 0 Å². The molecule has 1 heteroatoms. The molecule has 0 amide bonds. The van der Waals surface area contributed by atoms with E-state index in [0.29, 0.717) is 5.92 Å². The lowest BCUT2D eigenvalue weighted by atomic mass is 9.91. The Balaban J connectivity index is 2.26. The van der Waals surface area contributed by atoms with Crippen molar-refractivity contribution in [2.24, 2.45) is 0 Å². The second-order valence-corrected chi connectivity index (χ2v) is 4.10. The smallest absolute Gasteiger partial charge is 0.0242 e. The second kappa shape index (κ2) is 6.21. The Morgan fingerprint density at radius 1 is 0.824 bits per heavy atom. The quantitative estimate of drug-likeness (QED) is 0.738. The molecule has 0 aromatic heterocycles. The van der Waals surface area contributed by atoms with Crippen LogP contribution in [0.15, 0.2) is 60.7 Å². The minimum absolute atomic E-state index is 0.386. The van der Waals surface area contributed by atoms with Gasteiger partial charge in [0.1, 0.15) is 0 Å². The second-order valence-electron chi connectivity index (χ2n) is 4.10. The van der Waals surface area contributed by atoms with Crippen LogP contribution < -0.4 is 5.32 Å². The molecule has 1 nitrogen and oxygen atoms in total. The zero-order valence-electron chi connectivity index (χ0n) is 10.2. The van der Waals surface area contributed by atoms with E-state index in [1.54, 1.807) is 0 Å². The molecule has 2 rings (SSSR count). The summed E-state index contributed by atoms with van der Waals surface area (Å²) in [6.45, 7) is 3.84. The molecule has 0 fully saturated rings. The Kier molecular flexibility index (Phi) is 4.34. The lowest BCUT2D eigenvalue weighted by Crippen LogP contribution is -2.16. The number of benzene rings is 2. The standard InChI is InChI=1S/C16H18N/c1-2-17-13-16(14-9-5-3-6-10-14)15-11-7-4-8-12-15/h3-12,16H,2,13H2,1H3. The molecule has 2 aromatic rings. The molecule has 87 valence electrons. The van der Waals surface area contributed by atoms with E-state index in [4.69, 9.17) is 0 Å². The van der Waals surface area contributed by atoms with Crippen molar-refractivity contribution in [2.75, 3.05) is 13.1 Å². The average Bonchev–Trinajstić information content (AvgIpc) is 2.42. The van der Waals surface area contributed by atoms with Gasteiger partial charge in [-0.15, -0.1) is 0 Å². The van der Waals surface area contributed by atoms with Crippen molar-refractivity contribution in [1.29, 1.82) is 0 Å². The highest BCUT2D eigenvalue weighted by Crippen LogP contribution is 2.23. The molecule has 0 spiro atoms. The Labute approximate surface area is 103 Å². The SMILES string of the molecule is CC[N]CC(c1ccccc1)c1ccccc1. The highest BCUT2D eigenvalue weighted by atomic mass is 14.8. The molecule has 0 N–H and O–H groups in total. The van der Waals surface area contributed by atoms with Crippen LogP contribution in [-0.4, -0.2) is 13.1 Å². The first-order chi connectivity index (χ1) is 8.42. The van der Waals surface area contributed by atoms with Crippen LogP contribution in [-0.2, 0) is 0 Å². The molecule has 0 bridgehead atoms. The highest BCUT2D eigenvalue weighted by Gasteiger charge is 2.12. The first-order valence-corrected chi connectivity index (χ1v) is 6.15. The van der Waals surface area contributed by atoms with Crippen molar-refractivity contribution in [1.82, 2.24) is 5.32 Å².